The first kappa shape index (κ1) is 12.4. The van der Waals surface area contributed by atoms with Crippen LogP contribution in [0.25, 0.3) is 0 Å². The highest BCUT2D eigenvalue weighted by molar-refractivity contribution is 6.04. The Morgan fingerprint density at radius 3 is 2.59 bits per heavy atom. The summed E-state index contributed by atoms with van der Waals surface area (Å²) in [7, 11) is 0. The minimum absolute atomic E-state index is 0.341. The Balaban J connectivity index is 1.52. The summed E-state index contributed by atoms with van der Waals surface area (Å²) in [5.74, 6) is -0.585. The smallest absolute Gasteiger partial charge is 0.319 e. The zero-order chi connectivity index (χ0) is 12.3. The summed E-state index contributed by atoms with van der Waals surface area (Å²) in [5, 5.41) is 11.6. The molecule has 2 saturated carbocycles. The molecule has 2 rings (SSSR count). The molecule has 96 valence electrons. The van der Waals surface area contributed by atoms with E-state index in [2.05, 4.69) is 5.32 Å². The van der Waals surface area contributed by atoms with E-state index in [1.807, 2.05) is 0 Å². The van der Waals surface area contributed by atoms with Crippen LogP contribution in [0.4, 0.5) is 0 Å². The van der Waals surface area contributed by atoms with Crippen molar-refractivity contribution in [3.05, 3.63) is 0 Å². The molecule has 2 aliphatic rings. The molecule has 0 aromatic carbocycles. The minimum atomic E-state index is -1.12. The van der Waals surface area contributed by atoms with Gasteiger partial charge in [0.1, 0.15) is 5.41 Å². The normalized spacial score (nSPS) is 20.9. The van der Waals surface area contributed by atoms with Crippen molar-refractivity contribution in [1.29, 1.82) is 0 Å². The number of aliphatic carboxylic acids is 1. The molecule has 5 heteroatoms. The lowest BCUT2D eigenvalue weighted by Crippen LogP contribution is -2.37. The van der Waals surface area contributed by atoms with Crippen LogP contribution >= 0.6 is 0 Å². The van der Waals surface area contributed by atoms with E-state index in [0.717, 1.165) is 18.9 Å². The monoisotopic (exact) mass is 241 g/mol. The zero-order valence-electron chi connectivity index (χ0n) is 9.91. The number of hydrogen-bond donors (Lipinski definition) is 2. The number of amides is 1. The Morgan fingerprint density at radius 2 is 2.06 bits per heavy atom. The summed E-state index contributed by atoms with van der Waals surface area (Å²) >= 11 is 0. The summed E-state index contributed by atoms with van der Waals surface area (Å²) < 4.78 is 5.42. The Morgan fingerprint density at radius 1 is 1.35 bits per heavy atom. The van der Waals surface area contributed by atoms with Gasteiger partial charge in [-0.3, -0.25) is 9.59 Å². The van der Waals surface area contributed by atoms with Gasteiger partial charge in [-0.15, -0.1) is 0 Å². The minimum Gasteiger partial charge on any atom is -0.480 e. The second-order valence-corrected chi connectivity index (χ2v) is 5.02. The van der Waals surface area contributed by atoms with E-state index in [9.17, 15) is 9.59 Å². The van der Waals surface area contributed by atoms with Gasteiger partial charge in [-0.1, -0.05) is 0 Å². The molecule has 1 amide bonds. The fraction of sp³-hybridized carbons (Fsp3) is 0.833. The van der Waals surface area contributed by atoms with Gasteiger partial charge in [-0.25, -0.2) is 0 Å². The summed E-state index contributed by atoms with van der Waals surface area (Å²) in [6.45, 7) is 1.96. The lowest BCUT2D eigenvalue weighted by Gasteiger charge is -2.10. The van der Waals surface area contributed by atoms with Crippen LogP contribution in [-0.2, 0) is 14.3 Å². The van der Waals surface area contributed by atoms with Gasteiger partial charge in [0.25, 0.3) is 0 Å². The Labute approximate surface area is 101 Å². The third-order valence-electron chi connectivity index (χ3n) is 3.40. The predicted octanol–water partition coefficient (Wildman–Crippen LogP) is 0.784. The highest BCUT2D eigenvalue weighted by atomic mass is 16.5. The first-order chi connectivity index (χ1) is 8.15. The van der Waals surface area contributed by atoms with Gasteiger partial charge in [-0.05, 0) is 38.0 Å². The van der Waals surface area contributed by atoms with Crippen molar-refractivity contribution in [3.63, 3.8) is 0 Å². The molecule has 2 fully saturated rings. The topological polar surface area (TPSA) is 75.6 Å². The third kappa shape index (κ3) is 3.19. The molecule has 0 atom stereocenters. The molecule has 0 bridgehead atoms. The highest BCUT2D eigenvalue weighted by Crippen LogP contribution is 2.45. The lowest BCUT2D eigenvalue weighted by molar-refractivity contribution is -0.149. The molecule has 0 radical (unpaired) electrons. The largest absolute Gasteiger partial charge is 0.480 e. The first-order valence-corrected chi connectivity index (χ1v) is 6.24. The standard InChI is InChI=1S/C12H19NO4/c14-10(12(4-5-12)11(15)16)13-6-1-7-17-8-9-2-3-9/h9H,1-8H2,(H,13,14)(H,15,16). The van der Waals surface area contributed by atoms with Gasteiger partial charge in [0, 0.05) is 19.8 Å². The maximum Gasteiger partial charge on any atom is 0.319 e. The summed E-state index contributed by atoms with van der Waals surface area (Å²) in [6, 6.07) is 0. The van der Waals surface area contributed by atoms with E-state index in [4.69, 9.17) is 9.84 Å². The van der Waals surface area contributed by atoms with Crippen molar-refractivity contribution in [3.8, 4) is 0 Å². The fourth-order valence-electron chi connectivity index (χ4n) is 1.74. The molecule has 2 aliphatic carbocycles. The molecular formula is C12H19NO4. The van der Waals surface area contributed by atoms with Crippen molar-refractivity contribution in [2.75, 3.05) is 19.8 Å². The van der Waals surface area contributed by atoms with Crippen molar-refractivity contribution in [1.82, 2.24) is 5.32 Å². The van der Waals surface area contributed by atoms with Crippen LogP contribution < -0.4 is 5.32 Å². The second kappa shape index (κ2) is 5.04. The molecule has 0 unspecified atom stereocenters. The molecule has 0 aromatic rings. The molecule has 0 saturated heterocycles. The molecule has 0 aromatic heterocycles. The second-order valence-electron chi connectivity index (χ2n) is 5.02. The molecule has 5 nitrogen and oxygen atoms in total. The predicted molar refractivity (Wildman–Crippen MR) is 60.5 cm³/mol. The van der Waals surface area contributed by atoms with Gasteiger partial charge < -0.3 is 15.2 Å². The van der Waals surface area contributed by atoms with Crippen LogP contribution in [0.2, 0.25) is 0 Å². The van der Waals surface area contributed by atoms with E-state index >= 15 is 0 Å². The highest BCUT2D eigenvalue weighted by Gasteiger charge is 2.56. The third-order valence-corrected chi connectivity index (χ3v) is 3.40. The average Bonchev–Trinajstić information content (AvgIpc) is 3.16. The van der Waals surface area contributed by atoms with Crippen molar-refractivity contribution >= 4 is 11.9 Å². The number of rotatable bonds is 8. The molecule has 0 aliphatic heterocycles. The summed E-state index contributed by atoms with van der Waals surface area (Å²) in [5.41, 5.74) is -1.12. The average molecular weight is 241 g/mol. The molecule has 0 heterocycles. The zero-order valence-corrected chi connectivity index (χ0v) is 9.91. The summed E-state index contributed by atoms with van der Waals surface area (Å²) in [6.07, 6.45) is 4.22. The lowest BCUT2D eigenvalue weighted by atomic mass is 10.1. The quantitative estimate of drug-likeness (QED) is 0.486. The molecule has 2 N–H and O–H groups in total. The summed E-state index contributed by atoms with van der Waals surface area (Å²) in [4.78, 5) is 22.4. The number of carboxylic acid groups (broad SMARTS) is 1. The van der Waals surface area contributed by atoms with E-state index in [1.165, 1.54) is 12.8 Å². The van der Waals surface area contributed by atoms with Crippen LogP contribution in [0.1, 0.15) is 32.1 Å². The van der Waals surface area contributed by atoms with Gasteiger partial charge in [-0.2, -0.15) is 0 Å². The van der Waals surface area contributed by atoms with Crippen LogP contribution in [0.3, 0.4) is 0 Å². The maximum atomic E-state index is 11.6. The van der Waals surface area contributed by atoms with Crippen LogP contribution in [0.15, 0.2) is 0 Å². The fourth-order valence-corrected chi connectivity index (χ4v) is 1.74. The number of carbonyl (C=O) groups is 2. The van der Waals surface area contributed by atoms with E-state index in [-0.39, 0.29) is 5.91 Å². The number of carboxylic acids is 1. The Hall–Kier alpha value is -1.10. The first-order valence-electron chi connectivity index (χ1n) is 6.24. The van der Waals surface area contributed by atoms with Crippen molar-refractivity contribution in [2.45, 2.75) is 32.1 Å². The van der Waals surface area contributed by atoms with Gasteiger partial charge in [0.15, 0.2) is 0 Å². The van der Waals surface area contributed by atoms with Crippen LogP contribution in [0.5, 0.6) is 0 Å². The molecular weight excluding hydrogens is 222 g/mol. The van der Waals surface area contributed by atoms with Crippen molar-refractivity contribution in [2.24, 2.45) is 11.3 Å². The Kier molecular flexibility index (Phi) is 3.66. The SMILES string of the molecule is O=C(O)C1(C(=O)NCCCOCC2CC2)CC1. The Bertz CT molecular complexity index is 308. The number of nitrogens with one attached hydrogen (secondary N) is 1. The number of carbonyl (C=O) groups excluding carboxylic acids is 1. The van der Waals surface area contributed by atoms with Crippen molar-refractivity contribution < 1.29 is 19.4 Å². The number of ether oxygens (including phenoxy) is 1. The van der Waals surface area contributed by atoms with Gasteiger partial charge in [0.2, 0.25) is 5.91 Å². The van der Waals surface area contributed by atoms with Crippen LogP contribution in [0, 0.1) is 11.3 Å². The molecule has 17 heavy (non-hydrogen) atoms. The number of hydrogen-bond acceptors (Lipinski definition) is 3. The van der Waals surface area contributed by atoms with Crippen LogP contribution in [-0.4, -0.2) is 36.7 Å². The van der Waals surface area contributed by atoms with Gasteiger partial charge in [0.05, 0.1) is 0 Å². The van der Waals surface area contributed by atoms with Gasteiger partial charge >= 0.3 is 5.97 Å². The van der Waals surface area contributed by atoms with E-state index in [0.29, 0.717) is 26.0 Å². The molecule has 0 spiro atoms. The maximum absolute atomic E-state index is 11.6. The van der Waals surface area contributed by atoms with E-state index in [1.54, 1.807) is 0 Å². The van der Waals surface area contributed by atoms with E-state index < -0.39 is 11.4 Å².